The van der Waals surface area contributed by atoms with Crippen LogP contribution in [0.15, 0.2) is 42.6 Å². The van der Waals surface area contributed by atoms with Crippen molar-refractivity contribution in [3.05, 3.63) is 48.2 Å². The predicted molar refractivity (Wildman–Crippen MR) is 111 cm³/mol. The van der Waals surface area contributed by atoms with Crippen molar-refractivity contribution in [3.63, 3.8) is 0 Å². The van der Waals surface area contributed by atoms with Gasteiger partial charge in [-0.2, -0.15) is 0 Å². The number of aromatic nitrogens is 1. The molecule has 2 N–H and O–H groups in total. The highest BCUT2D eigenvalue weighted by atomic mass is 16.1. The van der Waals surface area contributed by atoms with Gasteiger partial charge in [-0.15, -0.1) is 0 Å². The third kappa shape index (κ3) is 4.59. The van der Waals surface area contributed by atoms with Gasteiger partial charge in [0.15, 0.2) is 0 Å². The van der Waals surface area contributed by atoms with Crippen LogP contribution >= 0.6 is 0 Å². The summed E-state index contributed by atoms with van der Waals surface area (Å²) in [7, 11) is 0. The van der Waals surface area contributed by atoms with E-state index in [9.17, 15) is 4.79 Å². The Balaban J connectivity index is 1.38. The Kier molecular flexibility index (Phi) is 5.56. The largest absolute Gasteiger partial charge is 0.372 e. The van der Waals surface area contributed by atoms with Gasteiger partial charge in [0.2, 0.25) is 0 Å². The average Bonchev–Trinajstić information content (AvgIpc) is 3.24. The van der Waals surface area contributed by atoms with Crippen LogP contribution in [0.4, 0.5) is 17.2 Å². The molecule has 1 aliphatic carbocycles. The minimum atomic E-state index is -0.0991. The molecule has 2 heterocycles. The molecule has 0 spiro atoms. The molecule has 1 amide bonds. The first-order chi connectivity index (χ1) is 13.3. The molecule has 0 unspecified atom stereocenters. The molecule has 1 aliphatic heterocycles. The highest BCUT2D eigenvalue weighted by Crippen LogP contribution is 2.23. The number of pyridine rings is 1. The minimum Gasteiger partial charge on any atom is -0.372 e. The van der Waals surface area contributed by atoms with Gasteiger partial charge in [-0.1, -0.05) is 19.3 Å². The zero-order valence-electron chi connectivity index (χ0n) is 15.8. The van der Waals surface area contributed by atoms with Crippen LogP contribution in [0.25, 0.3) is 0 Å². The highest BCUT2D eigenvalue weighted by Gasteiger charge is 2.15. The topological polar surface area (TPSA) is 57.3 Å². The van der Waals surface area contributed by atoms with Crippen LogP contribution in [0.2, 0.25) is 0 Å². The van der Waals surface area contributed by atoms with Crippen LogP contribution in [-0.2, 0) is 0 Å². The Morgan fingerprint density at radius 3 is 2.44 bits per heavy atom. The quantitative estimate of drug-likeness (QED) is 0.809. The molecule has 27 heavy (non-hydrogen) atoms. The Hall–Kier alpha value is -2.56. The van der Waals surface area contributed by atoms with E-state index in [1.807, 2.05) is 18.2 Å². The van der Waals surface area contributed by atoms with Crippen molar-refractivity contribution in [1.82, 2.24) is 4.98 Å². The van der Waals surface area contributed by atoms with E-state index in [0.717, 1.165) is 24.6 Å². The van der Waals surface area contributed by atoms with Gasteiger partial charge >= 0.3 is 0 Å². The lowest BCUT2D eigenvalue weighted by atomic mass is 9.95. The van der Waals surface area contributed by atoms with Gasteiger partial charge in [0.1, 0.15) is 5.82 Å². The summed E-state index contributed by atoms with van der Waals surface area (Å²) in [6.45, 7) is 2.25. The molecular formula is C22H28N4O. The molecule has 5 nitrogen and oxygen atoms in total. The number of nitrogens with one attached hydrogen (secondary N) is 2. The highest BCUT2D eigenvalue weighted by molar-refractivity contribution is 6.04. The van der Waals surface area contributed by atoms with E-state index >= 15 is 0 Å². The van der Waals surface area contributed by atoms with E-state index in [0.29, 0.717) is 11.6 Å². The second-order valence-corrected chi connectivity index (χ2v) is 7.60. The number of carbonyl (C=O) groups is 1. The first kappa shape index (κ1) is 17.8. The second kappa shape index (κ2) is 8.42. The second-order valence-electron chi connectivity index (χ2n) is 7.60. The molecule has 4 rings (SSSR count). The van der Waals surface area contributed by atoms with Crippen LogP contribution in [-0.4, -0.2) is 30.0 Å². The number of nitrogens with zero attached hydrogens (tertiary/aromatic N) is 2. The first-order valence-corrected chi connectivity index (χ1v) is 10.2. The summed E-state index contributed by atoms with van der Waals surface area (Å²) in [5.41, 5.74) is 2.68. The van der Waals surface area contributed by atoms with E-state index < -0.39 is 0 Å². The van der Waals surface area contributed by atoms with Crippen molar-refractivity contribution >= 4 is 23.1 Å². The van der Waals surface area contributed by atoms with E-state index in [1.165, 1.54) is 50.6 Å². The SMILES string of the molecule is O=C(Nc1ccc(N2CCCC2)cc1)c1ccnc(NC2CCCCC2)c1. The van der Waals surface area contributed by atoms with Crippen molar-refractivity contribution in [2.75, 3.05) is 28.6 Å². The van der Waals surface area contributed by atoms with Gasteiger partial charge in [-0.3, -0.25) is 4.79 Å². The van der Waals surface area contributed by atoms with E-state index in [2.05, 4.69) is 32.7 Å². The Bertz CT molecular complexity index is 762. The lowest BCUT2D eigenvalue weighted by molar-refractivity contribution is 0.102. The molecular weight excluding hydrogens is 336 g/mol. The molecule has 1 saturated heterocycles. The standard InChI is InChI=1S/C22H28N4O/c27-22(25-19-8-10-20(11-9-19)26-14-4-5-15-26)17-12-13-23-21(16-17)24-18-6-2-1-3-7-18/h8-13,16,18H,1-7,14-15H2,(H,23,24)(H,25,27). The Morgan fingerprint density at radius 2 is 1.70 bits per heavy atom. The summed E-state index contributed by atoms with van der Waals surface area (Å²) in [5, 5.41) is 6.48. The van der Waals surface area contributed by atoms with E-state index in [4.69, 9.17) is 0 Å². The third-order valence-corrected chi connectivity index (χ3v) is 5.58. The first-order valence-electron chi connectivity index (χ1n) is 10.2. The van der Waals surface area contributed by atoms with Crippen LogP contribution in [0.3, 0.4) is 0 Å². The number of carbonyl (C=O) groups excluding carboxylic acids is 1. The molecule has 2 aliphatic rings. The maximum absolute atomic E-state index is 12.6. The zero-order valence-corrected chi connectivity index (χ0v) is 15.8. The van der Waals surface area contributed by atoms with Crippen LogP contribution in [0.5, 0.6) is 0 Å². The van der Waals surface area contributed by atoms with Crippen LogP contribution in [0.1, 0.15) is 55.3 Å². The van der Waals surface area contributed by atoms with Crippen molar-refractivity contribution in [1.29, 1.82) is 0 Å². The maximum atomic E-state index is 12.6. The lowest BCUT2D eigenvalue weighted by Gasteiger charge is -2.23. The maximum Gasteiger partial charge on any atom is 0.255 e. The number of benzene rings is 1. The summed E-state index contributed by atoms with van der Waals surface area (Å²) < 4.78 is 0. The Labute approximate surface area is 161 Å². The fourth-order valence-electron chi connectivity index (χ4n) is 4.04. The normalized spacial score (nSPS) is 17.7. The summed E-state index contributed by atoms with van der Waals surface area (Å²) in [6, 6.07) is 12.2. The van der Waals surface area contributed by atoms with Gasteiger partial charge in [-0.25, -0.2) is 4.98 Å². The molecule has 1 aromatic heterocycles. The van der Waals surface area contributed by atoms with Crippen molar-refractivity contribution in [2.24, 2.45) is 0 Å². The molecule has 1 saturated carbocycles. The molecule has 0 bridgehead atoms. The smallest absolute Gasteiger partial charge is 0.255 e. The zero-order chi connectivity index (χ0) is 18.5. The molecule has 2 fully saturated rings. The number of anilines is 3. The van der Waals surface area contributed by atoms with Gasteiger partial charge in [0.05, 0.1) is 0 Å². The van der Waals surface area contributed by atoms with Crippen LogP contribution in [0, 0.1) is 0 Å². The summed E-state index contributed by atoms with van der Waals surface area (Å²) in [6.07, 6.45) is 10.5. The fraction of sp³-hybridized carbons (Fsp3) is 0.455. The summed E-state index contributed by atoms with van der Waals surface area (Å²) in [4.78, 5) is 19.4. The molecule has 0 atom stereocenters. The van der Waals surface area contributed by atoms with Crippen molar-refractivity contribution in [3.8, 4) is 0 Å². The van der Waals surface area contributed by atoms with E-state index in [-0.39, 0.29) is 5.91 Å². The van der Waals surface area contributed by atoms with Gasteiger partial charge in [0, 0.05) is 42.3 Å². The van der Waals surface area contributed by atoms with Gasteiger partial charge in [-0.05, 0) is 62.1 Å². The molecule has 2 aromatic rings. The van der Waals surface area contributed by atoms with Crippen molar-refractivity contribution < 1.29 is 4.79 Å². The summed E-state index contributed by atoms with van der Waals surface area (Å²) in [5.74, 6) is 0.692. The summed E-state index contributed by atoms with van der Waals surface area (Å²) >= 11 is 0. The average molecular weight is 364 g/mol. The van der Waals surface area contributed by atoms with Crippen LogP contribution < -0.4 is 15.5 Å². The minimum absolute atomic E-state index is 0.0991. The Morgan fingerprint density at radius 1 is 0.963 bits per heavy atom. The number of rotatable bonds is 5. The number of hydrogen-bond acceptors (Lipinski definition) is 4. The molecule has 142 valence electrons. The van der Waals surface area contributed by atoms with Gasteiger partial charge < -0.3 is 15.5 Å². The number of hydrogen-bond donors (Lipinski definition) is 2. The fourth-order valence-corrected chi connectivity index (χ4v) is 4.04. The van der Waals surface area contributed by atoms with E-state index in [1.54, 1.807) is 12.3 Å². The monoisotopic (exact) mass is 364 g/mol. The third-order valence-electron chi connectivity index (χ3n) is 5.58. The predicted octanol–water partition coefficient (Wildman–Crippen LogP) is 4.68. The van der Waals surface area contributed by atoms with Crippen molar-refractivity contribution in [2.45, 2.75) is 51.0 Å². The molecule has 1 aromatic carbocycles. The number of amides is 1. The van der Waals surface area contributed by atoms with Gasteiger partial charge in [0.25, 0.3) is 5.91 Å². The molecule has 0 radical (unpaired) electrons. The lowest BCUT2D eigenvalue weighted by Crippen LogP contribution is -2.23. The molecule has 5 heteroatoms.